The zero-order valence-electron chi connectivity index (χ0n) is 17.2. The van der Waals surface area contributed by atoms with Crippen LogP contribution in [0.1, 0.15) is 59.4 Å². The van der Waals surface area contributed by atoms with Crippen LogP contribution in [0, 0.1) is 17.6 Å². The summed E-state index contributed by atoms with van der Waals surface area (Å²) in [5.74, 6) is -3.50. The zero-order valence-corrected chi connectivity index (χ0v) is 17.2. The molecule has 2 atom stereocenters. The highest BCUT2D eigenvalue weighted by molar-refractivity contribution is 5.46. The molecule has 0 radical (unpaired) electrons. The molecule has 2 aliphatic carbocycles. The molecule has 0 aliphatic heterocycles. The number of alkyl halides is 3. The summed E-state index contributed by atoms with van der Waals surface area (Å²) in [6, 6.07) is 6.24. The van der Waals surface area contributed by atoms with Gasteiger partial charge in [-0.25, -0.2) is 8.78 Å². The van der Waals surface area contributed by atoms with Gasteiger partial charge in [-0.2, -0.15) is 0 Å². The van der Waals surface area contributed by atoms with Crippen molar-refractivity contribution in [3.63, 3.8) is 0 Å². The Labute approximate surface area is 178 Å². The van der Waals surface area contributed by atoms with Crippen molar-refractivity contribution in [3.8, 4) is 5.75 Å². The molecular weight excluding hydrogens is 411 g/mol. The van der Waals surface area contributed by atoms with E-state index < -0.39 is 23.7 Å². The third-order valence-corrected chi connectivity index (χ3v) is 6.63. The van der Waals surface area contributed by atoms with Gasteiger partial charge in [0.25, 0.3) is 0 Å². The van der Waals surface area contributed by atoms with Gasteiger partial charge in [-0.05, 0) is 103 Å². The van der Waals surface area contributed by atoms with Gasteiger partial charge in [0.2, 0.25) is 5.75 Å². The number of allylic oxidation sites excluding steroid dienone is 1. The van der Waals surface area contributed by atoms with Crippen LogP contribution in [0.5, 0.6) is 5.75 Å². The second kappa shape index (κ2) is 8.64. The summed E-state index contributed by atoms with van der Waals surface area (Å²) >= 11 is 0. The molecule has 166 valence electrons. The summed E-state index contributed by atoms with van der Waals surface area (Å²) in [5.41, 5.74) is 5.74. The van der Waals surface area contributed by atoms with Crippen LogP contribution in [0.4, 0.5) is 22.0 Å². The molecule has 0 spiro atoms. The Morgan fingerprint density at radius 1 is 0.968 bits per heavy atom. The normalized spacial score (nSPS) is 20.7. The summed E-state index contributed by atoms with van der Waals surface area (Å²) < 4.78 is 69.0. The lowest BCUT2D eigenvalue weighted by Gasteiger charge is -2.32. The van der Waals surface area contributed by atoms with Crippen molar-refractivity contribution in [1.82, 2.24) is 0 Å². The predicted octanol–water partition coefficient (Wildman–Crippen LogP) is 7.21. The fourth-order valence-corrected chi connectivity index (χ4v) is 5.16. The number of fused-ring (bicyclic) bond motifs is 3. The minimum atomic E-state index is -5.14. The average Bonchev–Trinajstić information content (AvgIpc) is 2.73. The highest BCUT2D eigenvalue weighted by Crippen LogP contribution is 2.40. The monoisotopic (exact) mass is 436 g/mol. The van der Waals surface area contributed by atoms with Crippen molar-refractivity contribution >= 4 is 0 Å². The van der Waals surface area contributed by atoms with Crippen molar-refractivity contribution in [3.05, 3.63) is 76.4 Å². The molecule has 0 aromatic heterocycles. The molecule has 2 aromatic carbocycles. The molecule has 0 fully saturated rings. The van der Waals surface area contributed by atoms with Crippen LogP contribution >= 0.6 is 0 Å². The van der Waals surface area contributed by atoms with E-state index in [1.165, 1.54) is 22.3 Å². The van der Waals surface area contributed by atoms with Crippen LogP contribution < -0.4 is 4.74 Å². The first-order chi connectivity index (χ1) is 14.7. The predicted molar refractivity (Wildman–Crippen MR) is 109 cm³/mol. The van der Waals surface area contributed by atoms with Crippen LogP contribution in [0.15, 0.2) is 36.9 Å². The number of benzene rings is 2. The van der Waals surface area contributed by atoms with Gasteiger partial charge < -0.3 is 4.74 Å². The molecule has 4 rings (SSSR count). The molecule has 2 unspecified atom stereocenters. The zero-order chi connectivity index (χ0) is 22.2. The van der Waals surface area contributed by atoms with E-state index >= 15 is 0 Å². The van der Waals surface area contributed by atoms with Crippen LogP contribution in [-0.2, 0) is 25.7 Å². The van der Waals surface area contributed by atoms with Crippen molar-refractivity contribution in [2.24, 2.45) is 5.92 Å². The molecular formula is C25H25F5O. The summed E-state index contributed by atoms with van der Waals surface area (Å²) in [4.78, 5) is 0. The number of halogens is 5. The largest absolute Gasteiger partial charge is 0.573 e. The first-order valence-corrected chi connectivity index (χ1v) is 10.7. The van der Waals surface area contributed by atoms with Crippen molar-refractivity contribution in [1.29, 1.82) is 0 Å². The van der Waals surface area contributed by atoms with E-state index in [0.717, 1.165) is 50.7 Å². The summed E-state index contributed by atoms with van der Waals surface area (Å²) in [6.45, 7) is 3.81. The first kappa shape index (κ1) is 21.8. The molecule has 2 aromatic rings. The minimum absolute atomic E-state index is 0.140. The summed E-state index contributed by atoms with van der Waals surface area (Å²) in [6.07, 6.45) is 4.46. The third-order valence-electron chi connectivity index (χ3n) is 6.63. The molecule has 0 saturated heterocycles. The van der Waals surface area contributed by atoms with Crippen LogP contribution in [-0.4, -0.2) is 6.36 Å². The topological polar surface area (TPSA) is 9.23 Å². The molecule has 0 N–H and O–H groups in total. The molecule has 0 amide bonds. The van der Waals surface area contributed by atoms with Gasteiger partial charge in [-0.3, -0.25) is 0 Å². The number of rotatable bonds is 5. The van der Waals surface area contributed by atoms with E-state index in [1.807, 2.05) is 6.08 Å². The quantitative estimate of drug-likeness (QED) is 0.356. The molecule has 31 heavy (non-hydrogen) atoms. The molecule has 1 nitrogen and oxygen atoms in total. The Morgan fingerprint density at radius 3 is 2.19 bits per heavy atom. The second-order valence-corrected chi connectivity index (χ2v) is 8.62. The third kappa shape index (κ3) is 4.78. The number of ether oxygens (including phenoxy) is 1. The van der Waals surface area contributed by atoms with Gasteiger partial charge in [0.05, 0.1) is 0 Å². The lowest BCUT2D eigenvalue weighted by molar-refractivity contribution is -0.276. The lowest BCUT2D eigenvalue weighted by Crippen LogP contribution is -2.21. The van der Waals surface area contributed by atoms with E-state index in [9.17, 15) is 22.0 Å². The minimum Gasteiger partial charge on any atom is -0.399 e. The SMILES string of the molecule is C=CCCC1CCc2c(ccc3c2CCC(c2cc(F)c(OC(F)(F)F)c(F)c2)C3)C1. The van der Waals surface area contributed by atoms with Gasteiger partial charge in [0.15, 0.2) is 11.6 Å². The maximum absolute atomic E-state index is 14.2. The van der Waals surface area contributed by atoms with E-state index in [2.05, 4.69) is 23.4 Å². The van der Waals surface area contributed by atoms with Gasteiger partial charge in [-0.15, -0.1) is 19.8 Å². The van der Waals surface area contributed by atoms with Gasteiger partial charge in [0, 0.05) is 0 Å². The number of hydrogen-bond acceptors (Lipinski definition) is 1. The second-order valence-electron chi connectivity index (χ2n) is 8.62. The fraction of sp³-hybridized carbons (Fsp3) is 0.440. The van der Waals surface area contributed by atoms with Crippen LogP contribution in [0.3, 0.4) is 0 Å². The van der Waals surface area contributed by atoms with Crippen LogP contribution in [0.25, 0.3) is 0 Å². The molecule has 0 heterocycles. The van der Waals surface area contributed by atoms with E-state index in [-0.39, 0.29) is 5.92 Å². The van der Waals surface area contributed by atoms with Gasteiger partial charge >= 0.3 is 6.36 Å². The van der Waals surface area contributed by atoms with E-state index in [0.29, 0.717) is 24.3 Å². The van der Waals surface area contributed by atoms with E-state index in [4.69, 9.17) is 0 Å². The standard InChI is InChI=1S/C25H25F5O/c1-2-3-4-15-5-9-20-17(11-15)6-7-18-12-16(8-10-21(18)20)19-13-22(26)24(23(27)14-19)31-25(28,29)30/h2,6-7,13-16H,1,3-5,8-12H2. The molecule has 6 heteroatoms. The first-order valence-electron chi connectivity index (χ1n) is 10.7. The molecule has 0 bridgehead atoms. The highest BCUT2D eigenvalue weighted by Gasteiger charge is 2.35. The fourth-order valence-electron chi connectivity index (χ4n) is 5.16. The Bertz CT molecular complexity index is 956. The maximum atomic E-state index is 14.2. The Balaban J connectivity index is 1.53. The maximum Gasteiger partial charge on any atom is 0.573 e. The number of hydrogen-bond donors (Lipinski definition) is 0. The van der Waals surface area contributed by atoms with Crippen LogP contribution in [0.2, 0.25) is 0 Å². The smallest absolute Gasteiger partial charge is 0.399 e. The average molecular weight is 436 g/mol. The van der Waals surface area contributed by atoms with Crippen molar-refractivity contribution in [2.45, 2.75) is 63.6 Å². The van der Waals surface area contributed by atoms with Crippen molar-refractivity contribution < 1.29 is 26.7 Å². The molecule has 2 aliphatic rings. The highest BCUT2D eigenvalue weighted by atomic mass is 19.4. The lowest BCUT2D eigenvalue weighted by atomic mass is 9.73. The summed E-state index contributed by atoms with van der Waals surface area (Å²) in [7, 11) is 0. The van der Waals surface area contributed by atoms with Gasteiger partial charge in [-0.1, -0.05) is 18.2 Å². The van der Waals surface area contributed by atoms with Crippen molar-refractivity contribution in [2.75, 3.05) is 0 Å². The Hall–Kier alpha value is -2.37. The Kier molecular flexibility index (Phi) is 6.09. The summed E-state index contributed by atoms with van der Waals surface area (Å²) in [5, 5.41) is 0. The molecule has 0 saturated carbocycles. The van der Waals surface area contributed by atoms with Gasteiger partial charge in [0.1, 0.15) is 0 Å². The van der Waals surface area contributed by atoms with E-state index in [1.54, 1.807) is 0 Å². The Morgan fingerprint density at radius 2 is 1.58 bits per heavy atom.